The van der Waals surface area contributed by atoms with Crippen LogP contribution in [0.15, 0.2) is 97.1 Å². The summed E-state index contributed by atoms with van der Waals surface area (Å²) < 4.78 is 0. The highest BCUT2D eigenvalue weighted by Crippen LogP contribution is 2.20. The van der Waals surface area contributed by atoms with Gasteiger partial charge in [0.1, 0.15) is 0 Å². The van der Waals surface area contributed by atoms with E-state index in [2.05, 4.69) is 46.5 Å². The molecule has 2 unspecified atom stereocenters. The fraction of sp³-hybridized carbons (Fsp3) is 0.257. The van der Waals surface area contributed by atoms with Gasteiger partial charge in [0.25, 0.3) is 11.8 Å². The third kappa shape index (κ3) is 12.2. The van der Waals surface area contributed by atoms with Gasteiger partial charge in [0.05, 0.1) is 0 Å². The third-order valence-corrected chi connectivity index (χ3v) is 7.94. The molecule has 10 heteroatoms. The van der Waals surface area contributed by atoms with E-state index in [0.717, 1.165) is 33.8 Å². The summed E-state index contributed by atoms with van der Waals surface area (Å²) in [7, 11) is 0. The summed E-state index contributed by atoms with van der Waals surface area (Å²) in [4.78, 5) is 24.6. The number of rotatable bonds is 13. The molecule has 0 heterocycles. The lowest BCUT2D eigenvalue weighted by Gasteiger charge is -2.13. The molecular formula is C35H44N6O2S2. The van der Waals surface area contributed by atoms with Gasteiger partial charge in [-0.05, 0) is 73.0 Å². The average molecular weight is 645 g/mol. The van der Waals surface area contributed by atoms with Crippen LogP contribution in [0, 0.1) is 13.8 Å². The van der Waals surface area contributed by atoms with Crippen molar-refractivity contribution in [1.82, 2.24) is 5.32 Å². The quantitative estimate of drug-likeness (QED) is 0.0906. The maximum atomic E-state index is 12.4. The van der Waals surface area contributed by atoms with Crippen LogP contribution in [0.4, 0.5) is 17.1 Å². The van der Waals surface area contributed by atoms with Crippen LogP contribution in [0.1, 0.15) is 37.4 Å². The average Bonchev–Trinajstić information content (AvgIpc) is 3.08. The molecule has 4 aromatic carbocycles. The molecule has 0 radical (unpaired) electrons. The number of carbonyl (C=O) groups is 2. The van der Waals surface area contributed by atoms with E-state index in [0.29, 0.717) is 42.3 Å². The Morgan fingerprint density at radius 2 is 1.22 bits per heavy atom. The van der Waals surface area contributed by atoms with Gasteiger partial charge >= 0.3 is 0 Å². The summed E-state index contributed by atoms with van der Waals surface area (Å²) in [6.45, 7) is 5.79. The molecule has 45 heavy (non-hydrogen) atoms. The number of aryl methyl sites for hydroxylation is 1. The molecule has 0 fully saturated rings. The minimum absolute atomic E-state index is 0.0149. The monoisotopic (exact) mass is 644 g/mol. The first kappa shape index (κ1) is 35.5. The highest BCUT2D eigenvalue weighted by Gasteiger charge is 2.10. The number of nitrogens with one attached hydrogen (secondary N) is 4. The molecule has 0 aromatic heterocycles. The zero-order valence-corrected chi connectivity index (χ0v) is 27.6. The molecule has 4 aromatic rings. The number of thiol groups is 2. The first-order valence-corrected chi connectivity index (χ1v) is 16.1. The van der Waals surface area contributed by atoms with Gasteiger partial charge in [0.15, 0.2) is 0 Å². The van der Waals surface area contributed by atoms with E-state index in [4.69, 9.17) is 11.5 Å². The van der Waals surface area contributed by atoms with Crippen LogP contribution >= 0.6 is 25.3 Å². The van der Waals surface area contributed by atoms with Crippen molar-refractivity contribution in [1.29, 1.82) is 0 Å². The zero-order valence-electron chi connectivity index (χ0n) is 25.8. The Bertz CT molecular complexity index is 1520. The summed E-state index contributed by atoms with van der Waals surface area (Å²) in [5, 5.41) is 12.3. The molecule has 0 aliphatic heterocycles. The van der Waals surface area contributed by atoms with E-state index >= 15 is 0 Å². The predicted octanol–water partition coefficient (Wildman–Crippen LogP) is 5.51. The van der Waals surface area contributed by atoms with Crippen molar-refractivity contribution in [3.05, 3.63) is 125 Å². The van der Waals surface area contributed by atoms with Crippen LogP contribution in [0.25, 0.3) is 0 Å². The highest BCUT2D eigenvalue weighted by molar-refractivity contribution is 7.80. The minimum atomic E-state index is -0.124. The van der Waals surface area contributed by atoms with E-state index in [9.17, 15) is 9.59 Å². The van der Waals surface area contributed by atoms with Gasteiger partial charge in [-0.2, -0.15) is 25.3 Å². The number of carbonyl (C=O) groups excluding carboxylic acids is 2. The van der Waals surface area contributed by atoms with Crippen molar-refractivity contribution in [3.8, 4) is 0 Å². The number of hydrogen-bond donors (Lipinski definition) is 8. The van der Waals surface area contributed by atoms with Crippen LogP contribution in [-0.2, 0) is 6.54 Å². The normalized spacial score (nSPS) is 11.8. The Labute approximate surface area is 277 Å². The number of anilines is 3. The van der Waals surface area contributed by atoms with Gasteiger partial charge < -0.3 is 32.7 Å². The second kappa shape index (κ2) is 18.8. The Balaban J connectivity index is 0.000000246. The number of benzene rings is 4. The minimum Gasteiger partial charge on any atom is -0.383 e. The molecule has 0 aliphatic carbocycles. The van der Waals surface area contributed by atoms with Crippen molar-refractivity contribution in [3.63, 3.8) is 0 Å². The zero-order chi connectivity index (χ0) is 32.6. The van der Waals surface area contributed by atoms with Crippen LogP contribution in [-0.4, -0.2) is 48.5 Å². The Morgan fingerprint density at radius 1 is 0.689 bits per heavy atom. The fourth-order valence-electron chi connectivity index (χ4n) is 4.13. The molecular weight excluding hydrogens is 601 g/mol. The first-order chi connectivity index (χ1) is 21.7. The second-order valence-electron chi connectivity index (χ2n) is 10.7. The maximum Gasteiger partial charge on any atom is 0.255 e. The van der Waals surface area contributed by atoms with Crippen molar-refractivity contribution in [2.75, 3.05) is 40.5 Å². The van der Waals surface area contributed by atoms with Crippen LogP contribution in [0.2, 0.25) is 0 Å². The van der Waals surface area contributed by atoms with Gasteiger partial charge in [-0.3, -0.25) is 9.59 Å². The standard InChI is InChI=1S/C18H23N3OS.C17H21N3OS/c1-12-5-3-8-17(13(12)2)21-18(22)14-6-4-7-16(9-14)20-10-15(19)11-23;18-15(12-22)11-19-16-8-4-7-14(9-16)17(21)20-10-13-5-2-1-3-6-13/h3-9,15,20,23H,10-11,19H2,1-2H3,(H,21,22);1-9,15,19,22H,10-12,18H2,(H,20,21). The summed E-state index contributed by atoms with van der Waals surface area (Å²) in [6.07, 6.45) is 0. The van der Waals surface area contributed by atoms with E-state index < -0.39 is 0 Å². The van der Waals surface area contributed by atoms with Gasteiger partial charge in [0.2, 0.25) is 0 Å². The van der Waals surface area contributed by atoms with E-state index in [1.54, 1.807) is 12.1 Å². The van der Waals surface area contributed by atoms with Crippen LogP contribution in [0.5, 0.6) is 0 Å². The first-order valence-electron chi connectivity index (χ1n) is 14.8. The van der Waals surface area contributed by atoms with Gasteiger partial charge in [-0.1, -0.05) is 54.6 Å². The lowest BCUT2D eigenvalue weighted by atomic mass is 10.1. The van der Waals surface area contributed by atoms with Crippen molar-refractivity contribution in [2.24, 2.45) is 11.5 Å². The summed E-state index contributed by atoms with van der Waals surface area (Å²) >= 11 is 8.31. The van der Waals surface area contributed by atoms with E-state index in [-0.39, 0.29) is 23.9 Å². The third-order valence-electron chi connectivity index (χ3n) is 7.00. The molecule has 8 nitrogen and oxygen atoms in total. The topological polar surface area (TPSA) is 134 Å². The van der Waals surface area contributed by atoms with Gasteiger partial charge in [-0.15, -0.1) is 0 Å². The SMILES string of the molecule is Cc1cccc(NC(=O)c2cccc(NCC(N)CS)c2)c1C.NC(CS)CNc1cccc(C(=O)NCc2ccccc2)c1. The van der Waals surface area contributed by atoms with Crippen LogP contribution < -0.4 is 32.7 Å². The highest BCUT2D eigenvalue weighted by atomic mass is 32.1. The molecule has 8 N–H and O–H groups in total. The largest absolute Gasteiger partial charge is 0.383 e. The number of amides is 2. The molecule has 2 amide bonds. The van der Waals surface area contributed by atoms with E-state index in [1.807, 2.05) is 98.8 Å². The Morgan fingerprint density at radius 3 is 1.78 bits per heavy atom. The molecule has 0 spiro atoms. The lowest BCUT2D eigenvalue weighted by Crippen LogP contribution is -2.30. The summed E-state index contributed by atoms with van der Waals surface area (Å²) in [6, 6.07) is 30.5. The van der Waals surface area contributed by atoms with Gasteiger partial charge in [-0.25, -0.2) is 0 Å². The molecule has 0 aliphatic rings. The van der Waals surface area contributed by atoms with Gasteiger partial charge in [0, 0.05) is 71.4 Å². The smallest absolute Gasteiger partial charge is 0.255 e. The second-order valence-corrected chi connectivity index (χ2v) is 11.4. The Kier molecular flexibility index (Phi) is 14.8. The molecule has 0 bridgehead atoms. The van der Waals surface area contributed by atoms with Crippen LogP contribution in [0.3, 0.4) is 0 Å². The molecule has 0 saturated carbocycles. The Hall–Kier alpha value is -3.96. The molecule has 2 atom stereocenters. The fourth-order valence-corrected chi connectivity index (χ4v) is 4.39. The number of nitrogens with two attached hydrogens (primary N) is 2. The van der Waals surface area contributed by atoms with E-state index in [1.165, 1.54) is 0 Å². The summed E-state index contributed by atoms with van der Waals surface area (Å²) in [5.74, 6) is 1.01. The molecule has 238 valence electrons. The molecule has 4 rings (SSSR count). The maximum absolute atomic E-state index is 12.4. The predicted molar refractivity (Wildman–Crippen MR) is 195 cm³/mol. The van der Waals surface area contributed by atoms with Crippen molar-refractivity contribution >= 4 is 54.1 Å². The lowest BCUT2D eigenvalue weighted by molar-refractivity contribution is 0.0950. The molecule has 0 saturated heterocycles. The van der Waals surface area contributed by atoms with Crippen molar-refractivity contribution < 1.29 is 9.59 Å². The van der Waals surface area contributed by atoms with Crippen molar-refractivity contribution in [2.45, 2.75) is 32.5 Å². The number of hydrogen-bond acceptors (Lipinski definition) is 8. The summed E-state index contributed by atoms with van der Waals surface area (Å²) in [5.41, 5.74) is 18.8.